The van der Waals surface area contributed by atoms with E-state index in [1.54, 1.807) is 25.1 Å². The van der Waals surface area contributed by atoms with E-state index in [1.807, 2.05) is 32.0 Å². The fourth-order valence-corrected chi connectivity index (χ4v) is 2.89. The molecule has 0 saturated carbocycles. The number of nitrogens with one attached hydrogen (secondary N) is 2. The van der Waals surface area contributed by atoms with Crippen molar-refractivity contribution in [1.29, 1.82) is 0 Å². The molecule has 3 rings (SSSR count). The molecule has 1 aromatic heterocycles. The van der Waals surface area contributed by atoms with Gasteiger partial charge in [0.1, 0.15) is 5.76 Å². The van der Waals surface area contributed by atoms with Gasteiger partial charge in [0, 0.05) is 23.4 Å². The maximum atomic E-state index is 12.4. The van der Waals surface area contributed by atoms with Crippen LogP contribution in [-0.2, 0) is 0 Å². The van der Waals surface area contributed by atoms with E-state index in [2.05, 4.69) is 10.6 Å². The topological polar surface area (TPSA) is 97.4 Å². The van der Waals surface area contributed by atoms with E-state index in [0.29, 0.717) is 11.4 Å². The summed E-state index contributed by atoms with van der Waals surface area (Å²) in [5, 5.41) is 16.3. The number of hydrogen-bond acceptors (Lipinski definition) is 5. The first kappa shape index (κ1) is 20.2. The van der Waals surface area contributed by atoms with Crippen molar-refractivity contribution in [2.75, 3.05) is 5.32 Å². The fourth-order valence-electron chi connectivity index (χ4n) is 2.69. The van der Waals surface area contributed by atoms with Crippen LogP contribution < -0.4 is 10.6 Å². The zero-order chi connectivity index (χ0) is 21.1. The summed E-state index contributed by atoms with van der Waals surface area (Å²) in [4.78, 5) is 22.9. The van der Waals surface area contributed by atoms with Crippen LogP contribution in [0.5, 0.6) is 0 Å². The molecule has 0 fully saturated rings. The minimum Gasteiger partial charge on any atom is -0.451 e. The van der Waals surface area contributed by atoms with E-state index < -0.39 is 10.8 Å². The molecule has 0 aliphatic heterocycles. The lowest BCUT2D eigenvalue weighted by Crippen LogP contribution is -2.34. The van der Waals surface area contributed by atoms with Crippen molar-refractivity contribution in [2.45, 2.75) is 20.8 Å². The molecular weight excluding hydrogens is 390 g/mol. The highest BCUT2D eigenvalue weighted by atomic mass is 32.1. The molecule has 3 aromatic rings. The molecule has 0 spiro atoms. The van der Waals surface area contributed by atoms with Crippen LogP contribution in [0.3, 0.4) is 0 Å². The number of hydrogen-bond donors (Lipinski definition) is 2. The van der Waals surface area contributed by atoms with Crippen LogP contribution in [0.4, 0.5) is 11.4 Å². The molecule has 1 heterocycles. The Morgan fingerprint density at radius 2 is 1.72 bits per heavy atom. The van der Waals surface area contributed by atoms with Crippen molar-refractivity contribution in [3.63, 3.8) is 0 Å². The van der Waals surface area contributed by atoms with Crippen LogP contribution in [0.2, 0.25) is 0 Å². The Bertz CT molecular complexity index is 1120. The monoisotopic (exact) mass is 409 g/mol. The second-order valence-corrected chi connectivity index (χ2v) is 7.04. The van der Waals surface area contributed by atoms with Gasteiger partial charge in [-0.2, -0.15) is 0 Å². The third-order valence-electron chi connectivity index (χ3n) is 4.53. The highest BCUT2D eigenvalue weighted by Crippen LogP contribution is 2.25. The second kappa shape index (κ2) is 8.24. The van der Waals surface area contributed by atoms with E-state index in [0.717, 1.165) is 16.7 Å². The number of carbonyl (C=O) groups excluding carboxylic acids is 1. The summed E-state index contributed by atoms with van der Waals surface area (Å²) in [7, 11) is 0. The number of amides is 1. The lowest BCUT2D eigenvalue weighted by molar-refractivity contribution is -0.384. The Morgan fingerprint density at radius 1 is 1.00 bits per heavy atom. The summed E-state index contributed by atoms with van der Waals surface area (Å²) < 4.78 is 5.66. The van der Waals surface area contributed by atoms with Crippen molar-refractivity contribution in [3.8, 4) is 11.3 Å². The SMILES string of the molecule is Cc1ccc(-c2ccc(C(=O)NC(=S)Nc3cc([N+](=O)[O-])ccc3C)o2)cc1C. The van der Waals surface area contributed by atoms with Gasteiger partial charge in [0.15, 0.2) is 10.9 Å². The van der Waals surface area contributed by atoms with Gasteiger partial charge in [-0.3, -0.25) is 20.2 Å². The largest absolute Gasteiger partial charge is 0.451 e. The molecule has 8 heteroatoms. The highest BCUT2D eigenvalue weighted by Gasteiger charge is 2.15. The summed E-state index contributed by atoms with van der Waals surface area (Å²) in [5.41, 5.74) is 4.30. The number of rotatable bonds is 4. The van der Waals surface area contributed by atoms with Crippen molar-refractivity contribution in [2.24, 2.45) is 0 Å². The smallest absolute Gasteiger partial charge is 0.293 e. The van der Waals surface area contributed by atoms with Gasteiger partial charge in [-0.1, -0.05) is 18.2 Å². The van der Waals surface area contributed by atoms with Crippen molar-refractivity contribution < 1.29 is 14.1 Å². The number of nitro groups is 1. The Morgan fingerprint density at radius 3 is 2.41 bits per heavy atom. The number of nitrogens with zero attached hydrogens (tertiary/aromatic N) is 1. The zero-order valence-corrected chi connectivity index (χ0v) is 16.9. The molecule has 148 valence electrons. The predicted molar refractivity (Wildman–Crippen MR) is 115 cm³/mol. The number of non-ortho nitro benzene ring substituents is 1. The lowest BCUT2D eigenvalue weighted by Gasteiger charge is -2.11. The van der Waals surface area contributed by atoms with Crippen molar-refractivity contribution in [1.82, 2.24) is 5.32 Å². The van der Waals surface area contributed by atoms with Gasteiger partial charge in [-0.25, -0.2) is 0 Å². The van der Waals surface area contributed by atoms with Crippen LogP contribution >= 0.6 is 12.2 Å². The molecule has 1 amide bonds. The number of carbonyl (C=O) groups is 1. The molecule has 7 nitrogen and oxygen atoms in total. The summed E-state index contributed by atoms with van der Waals surface area (Å²) in [6, 6.07) is 13.6. The summed E-state index contributed by atoms with van der Waals surface area (Å²) in [6.45, 7) is 5.81. The van der Waals surface area contributed by atoms with Gasteiger partial charge >= 0.3 is 0 Å². The summed E-state index contributed by atoms with van der Waals surface area (Å²) in [6.07, 6.45) is 0. The molecule has 0 aliphatic carbocycles. The third kappa shape index (κ3) is 4.67. The number of thiocarbonyl (C=S) groups is 1. The molecule has 0 aliphatic rings. The maximum Gasteiger partial charge on any atom is 0.293 e. The minimum atomic E-state index is -0.513. The first-order valence-corrected chi connectivity index (χ1v) is 9.20. The van der Waals surface area contributed by atoms with Crippen LogP contribution in [0.15, 0.2) is 52.9 Å². The quantitative estimate of drug-likeness (QED) is 0.361. The Balaban J connectivity index is 1.70. The van der Waals surface area contributed by atoms with E-state index >= 15 is 0 Å². The number of benzene rings is 2. The average molecular weight is 409 g/mol. The predicted octanol–water partition coefficient (Wildman–Crippen LogP) is 4.91. The van der Waals surface area contributed by atoms with Gasteiger partial charge in [-0.05, 0) is 67.9 Å². The molecule has 0 unspecified atom stereocenters. The van der Waals surface area contributed by atoms with Gasteiger partial charge in [0.25, 0.3) is 11.6 Å². The molecule has 29 heavy (non-hydrogen) atoms. The summed E-state index contributed by atoms with van der Waals surface area (Å²) in [5.74, 6) is 0.172. The van der Waals surface area contributed by atoms with Crippen molar-refractivity contribution >= 4 is 34.6 Å². The Hall–Kier alpha value is -3.52. The second-order valence-electron chi connectivity index (χ2n) is 6.63. The van der Waals surface area contributed by atoms with Gasteiger partial charge < -0.3 is 9.73 Å². The Kier molecular flexibility index (Phi) is 5.74. The Labute approximate surface area is 172 Å². The number of aryl methyl sites for hydroxylation is 3. The van der Waals surface area contributed by atoms with E-state index in [-0.39, 0.29) is 16.6 Å². The van der Waals surface area contributed by atoms with Crippen molar-refractivity contribution in [3.05, 3.63) is 81.1 Å². The molecule has 0 bridgehead atoms. The molecule has 0 atom stereocenters. The highest BCUT2D eigenvalue weighted by molar-refractivity contribution is 7.80. The van der Waals surface area contributed by atoms with E-state index in [1.165, 1.54) is 17.7 Å². The summed E-state index contributed by atoms with van der Waals surface area (Å²) >= 11 is 5.16. The number of furan rings is 1. The maximum absolute atomic E-state index is 12.4. The molecule has 0 radical (unpaired) electrons. The van der Waals surface area contributed by atoms with Gasteiger partial charge in [0.2, 0.25) is 0 Å². The van der Waals surface area contributed by atoms with E-state index in [4.69, 9.17) is 16.6 Å². The number of anilines is 1. The van der Waals surface area contributed by atoms with Crippen LogP contribution in [0.1, 0.15) is 27.2 Å². The molecular formula is C21H19N3O4S. The first-order chi connectivity index (χ1) is 13.7. The normalized spacial score (nSPS) is 10.4. The molecule has 0 saturated heterocycles. The standard InChI is InChI=1S/C21H19N3O4S/c1-12-4-6-15(10-14(12)3)18-8-9-19(28-18)20(25)23-21(29)22-17-11-16(24(26)27)7-5-13(17)2/h4-11H,1-3H3,(H2,22,23,25,29). The first-order valence-electron chi connectivity index (χ1n) is 8.79. The molecule has 2 aromatic carbocycles. The minimum absolute atomic E-state index is 0.0164. The lowest BCUT2D eigenvalue weighted by atomic mass is 10.1. The molecule has 2 N–H and O–H groups in total. The van der Waals surface area contributed by atoms with Crippen LogP contribution in [0.25, 0.3) is 11.3 Å². The fraction of sp³-hybridized carbons (Fsp3) is 0.143. The van der Waals surface area contributed by atoms with E-state index in [9.17, 15) is 14.9 Å². The average Bonchev–Trinajstić information content (AvgIpc) is 3.16. The zero-order valence-electron chi connectivity index (χ0n) is 16.1. The van der Waals surface area contributed by atoms with Gasteiger partial charge in [-0.15, -0.1) is 0 Å². The van der Waals surface area contributed by atoms with Gasteiger partial charge in [0.05, 0.1) is 4.92 Å². The number of nitro benzene ring substituents is 1. The van der Waals surface area contributed by atoms with Crippen LogP contribution in [-0.4, -0.2) is 15.9 Å². The third-order valence-corrected chi connectivity index (χ3v) is 4.73. The van der Waals surface area contributed by atoms with Crippen LogP contribution in [0, 0.1) is 30.9 Å².